The molecule has 0 radical (unpaired) electrons. The summed E-state index contributed by atoms with van der Waals surface area (Å²) in [5.74, 6) is 0. The Kier molecular flexibility index (Phi) is 7.38. The van der Waals surface area contributed by atoms with E-state index in [1.807, 2.05) is 11.3 Å². The molecule has 0 amide bonds. The lowest BCUT2D eigenvalue weighted by molar-refractivity contribution is 1.29. The normalized spacial score (nSPS) is 11.3. The largest absolute Gasteiger partial charge is 0.310 e. The van der Waals surface area contributed by atoms with Gasteiger partial charge in [0.05, 0.1) is 5.69 Å². The minimum Gasteiger partial charge on any atom is -0.310 e. The number of fused-ring (bicyclic) bond motifs is 4. The van der Waals surface area contributed by atoms with Gasteiger partial charge < -0.3 is 9.80 Å². The van der Waals surface area contributed by atoms with Crippen LogP contribution in [-0.2, 0) is 0 Å². The van der Waals surface area contributed by atoms with E-state index in [-0.39, 0.29) is 0 Å². The van der Waals surface area contributed by atoms with Crippen LogP contribution in [0, 0.1) is 0 Å². The van der Waals surface area contributed by atoms with Crippen LogP contribution in [0.4, 0.5) is 34.1 Å². The van der Waals surface area contributed by atoms with Gasteiger partial charge in [0.25, 0.3) is 0 Å². The zero-order valence-electron chi connectivity index (χ0n) is 26.8. The monoisotopic (exact) mass is 644 g/mol. The van der Waals surface area contributed by atoms with Crippen LogP contribution in [0.3, 0.4) is 0 Å². The maximum absolute atomic E-state index is 2.36. The molecule has 9 aromatic rings. The van der Waals surface area contributed by atoms with Gasteiger partial charge in [0.2, 0.25) is 0 Å². The number of benzene rings is 8. The van der Waals surface area contributed by atoms with Crippen molar-refractivity contribution < 1.29 is 0 Å². The molecule has 0 N–H and O–H groups in total. The van der Waals surface area contributed by atoms with Crippen LogP contribution in [0.1, 0.15) is 0 Å². The van der Waals surface area contributed by atoms with E-state index in [1.54, 1.807) is 0 Å². The molecular formula is C46H32N2S. The summed E-state index contributed by atoms with van der Waals surface area (Å²) in [5, 5.41) is 5.05. The summed E-state index contributed by atoms with van der Waals surface area (Å²) in [6.07, 6.45) is 0. The first kappa shape index (κ1) is 29.0. The lowest BCUT2D eigenvalue weighted by Crippen LogP contribution is -2.10. The Morgan fingerprint density at radius 2 is 0.898 bits per heavy atom. The first-order valence-corrected chi connectivity index (χ1v) is 17.4. The lowest BCUT2D eigenvalue weighted by atomic mass is 9.98. The lowest BCUT2D eigenvalue weighted by Gasteiger charge is -2.27. The summed E-state index contributed by atoms with van der Waals surface area (Å²) in [5.41, 5.74) is 9.32. The van der Waals surface area contributed by atoms with Crippen molar-refractivity contribution in [2.45, 2.75) is 0 Å². The second kappa shape index (κ2) is 12.5. The molecule has 1 aromatic heterocycles. The van der Waals surface area contributed by atoms with Gasteiger partial charge in [-0.3, -0.25) is 0 Å². The molecule has 0 spiro atoms. The molecule has 0 aliphatic heterocycles. The van der Waals surface area contributed by atoms with Gasteiger partial charge in [-0.2, -0.15) is 0 Å². The molecule has 0 atom stereocenters. The quantitative estimate of drug-likeness (QED) is 0.170. The third kappa shape index (κ3) is 5.31. The van der Waals surface area contributed by atoms with E-state index in [9.17, 15) is 0 Å². The van der Waals surface area contributed by atoms with E-state index in [0.29, 0.717) is 0 Å². The van der Waals surface area contributed by atoms with E-state index in [0.717, 1.165) is 28.4 Å². The van der Waals surface area contributed by atoms with Crippen LogP contribution in [0.25, 0.3) is 42.1 Å². The average molecular weight is 645 g/mol. The number of nitrogens with zero attached hydrogens (tertiary/aromatic N) is 2. The Hall–Kier alpha value is -6.16. The number of anilines is 6. The van der Waals surface area contributed by atoms with Crippen molar-refractivity contribution in [2.24, 2.45) is 0 Å². The third-order valence-corrected chi connectivity index (χ3v) is 10.3. The van der Waals surface area contributed by atoms with Crippen LogP contribution in [0.2, 0.25) is 0 Å². The Morgan fingerprint density at radius 3 is 1.59 bits per heavy atom. The van der Waals surface area contributed by atoms with Crippen molar-refractivity contribution in [2.75, 3.05) is 9.80 Å². The highest BCUT2D eigenvalue weighted by Gasteiger charge is 2.18. The fourth-order valence-electron chi connectivity index (χ4n) is 6.99. The van der Waals surface area contributed by atoms with Crippen molar-refractivity contribution in [3.8, 4) is 11.1 Å². The minimum absolute atomic E-state index is 1.13. The second-order valence-corrected chi connectivity index (χ2v) is 13.3. The first-order chi connectivity index (χ1) is 24.3. The minimum atomic E-state index is 1.13. The predicted octanol–water partition coefficient (Wildman–Crippen LogP) is 13.8. The number of rotatable bonds is 7. The molecule has 49 heavy (non-hydrogen) atoms. The van der Waals surface area contributed by atoms with Crippen LogP contribution in [-0.4, -0.2) is 0 Å². The Balaban J connectivity index is 1.14. The molecular weight excluding hydrogens is 613 g/mol. The molecule has 232 valence electrons. The topological polar surface area (TPSA) is 6.48 Å². The molecule has 0 fully saturated rings. The van der Waals surface area contributed by atoms with Crippen LogP contribution in [0.15, 0.2) is 194 Å². The number of para-hydroxylation sites is 3. The van der Waals surface area contributed by atoms with Crippen molar-refractivity contribution in [1.29, 1.82) is 0 Å². The first-order valence-electron chi connectivity index (χ1n) is 16.6. The van der Waals surface area contributed by atoms with Gasteiger partial charge in [0, 0.05) is 54.0 Å². The molecule has 0 aliphatic carbocycles. The second-order valence-electron chi connectivity index (χ2n) is 12.2. The van der Waals surface area contributed by atoms with Gasteiger partial charge in [0.15, 0.2) is 0 Å². The SMILES string of the molecule is c1ccc(N(c2ccccc2)c2ccc3c(c2)sc2cccc(-c4ccc(N(c5ccccc5)c5cccc6ccccc56)cc4)c23)cc1. The van der Waals surface area contributed by atoms with E-state index >= 15 is 0 Å². The molecule has 2 nitrogen and oxygen atoms in total. The summed E-state index contributed by atoms with van der Waals surface area (Å²) >= 11 is 1.86. The molecule has 0 unspecified atom stereocenters. The Labute approximate surface area is 290 Å². The van der Waals surface area contributed by atoms with Gasteiger partial charge in [-0.15, -0.1) is 11.3 Å². The molecule has 0 saturated heterocycles. The highest BCUT2D eigenvalue weighted by Crippen LogP contribution is 2.44. The van der Waals surface area contributed by atoms with Crippen LogP contribution in [0.5, 0.6) is 0 Å². The smallest absolute Gasteiger partial charge is 0.0540 e. The maximum Gasteiger partial charge on any atom is 0.0540 e. The summed E-state index contributed by atoms with van der Waals surface area (Å²) in [4.78, 5) is 4.69. The summed E-state index contributed by atoms with van der Waals surface area (Å²) in [6, 6.07) is 69.7. The van der Waals surface area contributed by atoms with Crippen molar-refractivity contribution in [3.05, 3.63) is 194 Å². The maximum atomic E-state index is 2.36. The van der Waals surface area contributed by atoms with Crippen molar-refractivity contribution in [3.63, 3.8) is 0 Å². The molecule has 8 aromatic carbocycles. The van der Waals surface area contributed by atoms with Gasteiger partial charge in [-0.25, -0.2) is 0 Å². The van der Waals surface area contributed by atoms with E-state index in [2.05, 4.69) is 204 Å². The highest BCUT2D eigenvalue weighted by molar-refractivity contribution is 7.26. The van der Waals surface area contributed by atoms with Crippen molar-refractivity contribution in [1.82, 2.24) is 0 Å². The molecule has 0 bridgehead atoms. The Bertz CT molecular complexity index is 2500. The predicted molar refractivity (Wildman–Crippen MR) is 212 cm³/mol. The van der Waals surface area contributed by atoms with Gasteiger partial charge in [-0.1, -0.05) is 121 Å². The summed E-state index contributed by atoms with van der Waals surface area (Å²) < 4.78 is 2.57. The zero-order chi connectivity index (χ0) is 32.6. The molecule has 0 aliphatic rings. The van der Waals surface area contributed by atoms with Gasteiger partial charge in [0.1, 0.15) is 0 Å². The third-order valence-electron chi connectivity index (χ3n) is 9.23. The molecule has 3 heteroatoms. The molecule has 1 heterocycles. The summed E-state index contributed by atoms with van der Waals surface area (Å²) in [7, 11) is 0. The van der Waals surface area contributed by atoms with E-state index in [4.69, 9.17) is 0 Å². The van der Waals surface area contributed by atoms with E-state index in [1.165, 1.54) is 47.8 Å². The van der Waals surface area contributed by atoms with Gasteiger partial charge >= 0.3 is 0 Å². The average Bonchev–Trinajstić information content (AvgIpc) is 3.55. The molecule has 0 saturated carbocycles. The van der Waals surface area contributed by atoms with Gasteiger partial charge in [-0.05, 0) is 89.3 Å². The zero-order valence-corrected chi connectivity index (χ0v) is 27.6. The van der Waals surface area contributed by atoms with Crippen LogP contribution < -0.4 is 9.80 Å². The summed E-state index contributed by atoms with van der Waals surface area (Å²) in [6.45, 7) is 0. The number of thiophene rings is 1. The fourth-order valence-corrected chi connectivity index (χ4v) is 8.16. The van der Waals surface area contributed by atoms with E-state index < -0.39 is 0 Å². The van der Waals surface area contributed by atoms with Crippen LogP contribution >= 0.6 is 11.3 Å². The van der Waals surface area contributed by atoms with Crippen molar-refractivity contribution >= 4 is 76.4 Å². The molecule has 9 rings (SSSR count). The number of hydrogen-bond acceptors (Lipinski definition) is 3. The number of hydrogen-bond donors (Lipinski definition) is 0. The fraction of sp³-hybridized carbons (Fsp3) is 0. The Morgan fingerprint density at radius 1 is 0.347 bits per heavy atom. The standard InChI is InChI=1S/C46H32N2S/c1-4-16-35(17-5-1)47(36-18-6-2-7-19-36)39-30-31-42-45(32-39)49-44-25-13-23-41(46(42)44)34-26-28-38(29-27-34)48(37-20-8-3-9-21-37)43-24-12-15-33-14-10-11-22-40(33)43/h1-32H. The highest BCUT2D eigenvalue weighted by atomic mass is 32.1.